The first-order chi connectivity index (χ1) is 8.06. The molecule has 3 nitrogen and oxygen atoms in total. The van der Waals surface area contributed by atoms with E-state index in [1.54, 1.807) is 6.07 Å². The summed E-state index contributed by atoms with van der Waals surface area (Å²) in [4.78, 5) is 0. The van der Waals surface area contributed by atoms with Gasteiger partial charge in [0.2, 0.25) is 0 Å². The topological polar surface area (TPSA) is 43.8 Å². The maximum Gasteiger partial charge on any atom is 0.123 e. The van der Waals surface area contributed by atoms with Crippen molar-refractivity contribution in [1.29, 1.82) is 0 Å². The Hall–Kier alpha value is -1.68. The minimum atomic E-state index is -0.251. The van der Waals surface area contributed by atoms with E-state index in [2.05, 4.69) is 5.10 Å². The fourth-order valence-electron chi connectivity index (χ4n) is 1.94. The molecule has 0 amide bonds. The van der Waals surface area contributed by atoms with Crippen LogP contribution in [0, 0.1) is 12.7 Å². The van der Waals surface area contributed by atoms with Gasteiger partial charge in [0.25, 0.3) is 0 Å². The van der Waals surface area contributed by atoms with Crippen molar-refractivity contribution in [3.05, 3.63) is 53.1 Å². The number of benzene rings is 1. The summed E-state index contributed by atoms with van der Waals surface area (Å²) in [5, 5.41) is 4.26. The first-order valence-corrected chi connectivity index (χ1v) is 5.57. The van der Waals surface area contributed by atoms with Gasteiger partial charge in [-0.15, -0.1) is 0 Å². The SMILES string of the molecule is Cc1cc(CC(N)c2cccc(F)c2)n(C)n1. The molecule has 0 radical (unpaired) electrons. The molecule has 90 valence electrons. The third-order valence-corrected chi connectivity index (χ3v) is 2.80. The number of nitrogens with zero attached hydrogens (tertiary/aromatic N) is 2. The van der Waals surface area contributed by atoms with Crippen LogP contribution < -0.4 is 5.73 Å². The van der Waals surface area contributed by atoms with Crippen LogP contribution in [0.25, 0.3) is 0 Å². The third-order valence-electron chi connectivity index (χ3n) is 2.80. The summed E-state index contributed by atoms with van der Waals surface area (Å²) < 4.78 is 14.9. The molecule has 2 aromatic rings. The lowest BCUT2D eigenvalue weighted by atomic mass is 10.0. The van der Waals surface area contributed by atoms with E-state index in [1.807, 2.05) is 30.8 Å². The Morgan fingerprint density at radius 2 is 2.18 bits per heavy atom. The average molecular weight is 233 g/mol. The van der Waals surface area contributed by atoms with Gasteiger partial charge in [-0.25, -0.2) is 4.39 Å². The molecule has 0 aliphatic rings. The van der Waals surface area contributed by atoms with Gasteiger partial charge in [-0.3, -0.25) is 4.68 Å². The molecule has 0 fully saturated rings. The second-order valence-corrected chi connectivity index (χ2v) is 4.27. The zero-order valence-electron chi connectivity index (χ0n) is 10.0. The summed E-state index contributed by atoms with van der Waals surface area (Å²) >= 11 is 0. The summed E-state index contributed by atoms with van der Waals surface area (Å²) in [5.41, 5.74) is 8.90. The van der Waals surface area contributed by atoms with Gasteiger partial charge < -0.3 is 5.73 Å². The van der Waals surface area contributed by atoms with Crippen LogP contribution in [0.15, 0.2) is 30.3 Å². The minimum absolute atomic E-state index is 0.208. The van der Waals surface area contributed by atoms with Crippen LogP contribution in [-0.2, 0) is 13.5 Å². The molecule has 0 saturated heterocycles. The Bertz CT molecular complexity index is 519. The van der Waals surface area contributed by atoms with Gasteiger partial charge in [0, 0.05) is 25.2 Å². The van der Waals surface area contributed by atoms with Gasteiger partial charge in [0.1, 0.15) is 5.82 Å². The Labute approximate surface area is 100 Å². The lowest BCUT2D eigenvalue weighted by Gasteiger charge is -2.12. The first-order valence-electron chi connectivity index (χ1n) is 5.57. The molecule has 0 bridgehead atoms. The molecule has 1 heterocycles. The lowest BCUT2D eigenvalue weighted by molar-refractivity contribution is 0.610. The molecular weight excluding hydrogens is 217 g/mol. The number of rotatable bonds is 3. The van der Waals surface area contributed by atoms with Crippen LogP contribution in [0.5, 0.6) is 0 Å². The highest BCUT2D eigenvalue weighted by molar-refractivity contribution is 5.22. The second kappa shape index (κ2) is 4.67. The Balaban J connectivity index is 2.16. The summed E-state index contributed by atoms with van der Waals surface area (Å²) in [6.45, 7) is 1.94. The average Bonchev–Trinajstić information content (AvgIpc) is 2.57. The normalized spacial score (nSPS) is 12.7. The molecule has 0 aliphatic carbocycles. The van der Waals surface area contributed by atoms with Crippen LogP contribution in [0.3, 0.4) is 0 Å². The monoisotopic (exact) mass is 233 g/mol. The lowest BCUT2D eigenvalue weighted by Crippen LogP contribution is -2.15. The van der Waals surface area contributed by atoms with Gasteiger partial charge in [-0.2, -0.15) is 5.10 Å². The number of hydrogen-bond donors (Lipinski definition) is 1. The number of halogens is 1. The highest BCUT2D eigenvalue weighted by Gasteiger charge is 2.11. The van der Waals surface area contributed by atoms with E-state index >= 15 is 0 Å². The Morgan fingerprint density at radius 1 is 1.41 bits per heavy atom. The second-order valence-electron chi connectivity index (χ2n) is 4.27. The number of hydrogen-bond acceptors (Lipinski definition) is 2. The fourth-order valence-corrected chi connectivity index (χ4v) is 1.94. The van der Waals surface area contributed by atoms with E-state index < -0.39 is 0 Å². The molecule has 1 unspecified atom stereocenters. The van der Waals surface area contributed by atoms with Crippen molar-refractivity contribution in [2.45, 2.75) is 19.4 Å². The van der Waals surface area contributed by atoms with Crippen molar-refractivity contribution in [3.63, 3.8) is 0 Å². The van der Waals surface area contributed by atoms with Crippen molar-refractivity contribution >= 4 is 0 Å². The minimum Gasteiger partial charge on any atom is -0.324 e. The predicted octanol–water partition coefficient (Wildman–Crippen LogP) is 2.11. The molecule has 1 aromatic carbocycles. The van der Waals surface area contributed by atoms with E-state index in [1.165, 1.54) is 12.1 Å². The summed E-state index contributed by atoms with van der Waals surface area (Å²) in [6, 6.07) is 8.22. The fraction of sp³-hybridized carbons (Fsp3) is 0.308. The van der Waals surface area contributed by atoms with Crippen LogP contribution in [0.4, 0.5) is 4.39 Å². The summed E-state index contributed by atoms with van der Waals surface area (Å²) in [6.07, 6.45) is 0.654. The maximum atomic E-state index is 13.1. The first kappa shape index (κ1) is 11.8. The third kappa shape index (κ3) is 2.71. The molecule has 2 N–H and O–H groups in total. The summed E-state index contributed by atoms with van der Waals surface area (Å²) in [5.74, 6) is -0.251. The molecule has 0 saturated carbocycles. The van der Waals surface area contributed by atoms with Crippen molar-refractivity contribution in [3.8, 4) is 0 Å². The van der Waals surface area contributed by atoms with Crippen LogP contribution >= 0.6 is 0 Å². The molecule has 2 rings (SSSR count). The van der Waals surface area contributed by atoms with Crippen LogP contribution in [0.2, 0.25) is 0 Å². The van der Waals surface area contributed by atoms with Gasteiger partial charge in [0.15, 0.2) is 0 Å². The van der Waals surface area contributed by atoms with E-state index in [9.17, 15) is 4.39 Å². The molecule has 0 spiro atoms. The van der Waals surface area contributed by atoms with Crippen molar-refractivity contribution in [1.82, 2.24) is 9.78 Å². The zero-order valence-corrected chi connectivity index (χ0v) is 10.0. The van der Waals surface area contributed by atoms with Crippen LogP contribution in [0.1, 0.15) is 23.0 Å². The molecule has 1 atom stereocenters. The van der Waals surface area contributed by atoms with Crippen LogP contribution in [-0.4, -0.2) is 9.78 Å². The number of aromatic nitrogens is 2. The number of nitrogens with two attached hydrogens (primary N) is 1. The Morgan fingerprint density at radius 3 is 2.76 bits per heavy atom. The molecular formula is C13H16FN3. The zero-order chi connectivity index (χ0) is 12.4. The highest BCUT2D eigenvalue weighted by Crippen LogP contribution is 2.17. The quantitative estimate of drug-likeness (QED) is 0.882. The molecule has 1 aromatic heterocycles. The Kier molecular flexibility index (Phi) is 3.24. The van der Waals surface area contributed by atoms with E-state index in [4.69, 9.17) is 5.73 Å². The van der Waals surface area contributed by atoms with Gasteiger partial charge in [-0.1, -0.05) is 12.1 Å². The molecule has 0 aliphatic heterocycles. The summed E-state index contributed by atoms with van der Waals surface area (Å²) in [7, 11) is 1.89. The van der Waals surface area contributed by atoms with Crippen molar-refractivity contribution in [2.24, 2.45) is 12.8 Å². The molecule has 4 heteroatoms. The van der Waals surface area contributed by atoms with E-state index in [0.29, 0.717) is 6.42 Å². The standard InChI is InChI=1S/C13H16FN3/c1-9-6-12(17(2)16-9)8-13(15)10-4-3-5-11(14)7-10/h3-7,13H,8,15H2,1-2H3. The number of aryl methyl sites for hydroxylation is 2. The van der Waals surface area contributed by atoms with Gasteiger partial charge in [-0.05, 0) is 30.7 Å². The van der Waals surface area contributed by atoms with Crippen molar-refractivity contribution < 1.29 is 4.39 Å². The van der Waals surface area contributed by atoms with Gasteiger partial charge >= 0.3 is 0 Å². The van der Waals surface area contributed by atoms with E-state index in [-0.39, 0.29) is 11.9 Å². The van der Waals surface area contributed by atoms with Crippen molar-refractivity contribution in [2.75, 3.05) is 0 Å². The molecule has 17 heavy (non-hydrogen) atoms. The largest absolute Gasteiger partial charge is 0.324 e. The predicted molar refractivity (Wildman–Crippen MR) is 65.0 cm³/mol. The van der Waals surface area contributed by atoms with Gasteiger partial charge in [0.05, 0.1) is 5.69 Å². The maximum absolute atomic E-state index is 13.1. The van der Waals surface area contributed by atoms with E-state index in [0.717, 1.165) is 17.0 Å². The smallest absolute Gasteiger partial charge is 0.123 e. The highest BCUT2D eigenvalue weighted by atomic mass is 19.1.